The summed E-state index contributed by atoms with van der Waals surface area (Å²) in [5.41, 5.74) is 10.2. The van der Waals surface area contributed by atoms with Crippen LogP contribution < -0.4 is 0 Å². The highest BCUT2D eigenvalue weighted by Crippen LogP contribution is 2.42. The summed E-state index contributed by atoms with van der Waals surface area (Å²) in [6, 6.07) is 17.5. The maximum Gasteiger partial charge on any atom is 0.158 e. The van der Waals surface area contributed by atoms with Gasteiger partial charge in [-0.25, -0.2) is 17.2 Å². The molecule has 2 aliphatic carbocycles. The fourth-order valence-electron chi connectivity index (χ4n) is 6.55. The van der Waals surface area contributed by atoms with Gasteiger partial charge in [0.15, 0.2) is 9.84 Å². The lowest BCUT2D eigenvalue weighted by atomic mass is 9.95. The van der Waals surface area contributed by atoms with Crippen LogP contribution in [0.15, 0.2) is 73.1 Å². The number of rotatable bonds is 8. The van der Waals surface area contributed by atoms with Gasteiger partial charge < -0.3 is 0 Å². The Bertz CT molecular complexity index is 1760. The number of aromatic nitrogens is 2. The van der Waals surface area contributed by atoms with Crippen molar-refractivity contribution in [1.82, 2.24) is 9.97 Å². The molecule has 43 heavy (non-hydrogen) atoms. The molecule has 0 aliphatic heterocycles. The van der Waals surface area contributed by atoms with Crippen LogP contribution >= 0.6 is 0 Å². The second-order valence-corrected chi connectivity index (χ2v) is 13.6. The van der Waals surface area contributed by atoms with Crippen molar-refractivity contribution in [2.24, 2.45) is 0 Å². The van der Waals surface area contributed by atoms with Crippen molar-refractivity contribution in [1.29, 1.82) is 0 Å². The number of halogens is 2. The van der Waals surface area contributed by atoms with Gasteiger partial charge in [-0.3, -0.25) is 9.97 Å². The lowest BCUT2D eigenvalue weighted by Crippen LogP contribution is -2.10. The van der Waals surface area contributed by atoms with Crippen molar-refractivity contribution in [2.75, 3.05) is 0 Å². The average molecular weight is 597 g/mol. The van der Waals surface area contributed by atoms with Crippen LogP contribution in [0.25, 0.3) is 22.3 Å². The van der Waals surface area contributed by atoms with Crippen LogP contribution in [0.1, 0.15) is 83.3 Å². The van der Waals surface area contributed by atoms with E-state index in [1.54, 1.807) is 36.7 Å². The second kappa shape index (κ2) is 12.0. The Kier molecular flexibility index (Phi) is 8.10. The van der Waals surface area contributed by atoms with Crippen LogP contribution in [0.5, 0.6) is 0 Å². The molecule has 0 atom stereocenters. The first-order valence-corrected chi connectivity index (χ1v) is 16.6. The monoisotopic (exact) mass is 596 g/mol. The third-order valence-corrected chi connectivity index (χ3v) is 10.2. The molecule has 220 valence electrons. The topological polar surface area (TPSA) is 59.9 Å². The number of sulfone groups is 1. The maximum atomic E-state index is 15.3. The normalized spacial score (nSPS) is 15.5. The molecule has 0 N–H and O–H groups in total. The van der Waals surface area contributed by atoms with Gasteiger partial charge in [0.25, 0.3) is 0 Å². The standard InChI is InChI=1S/C36H34F2N2O2S/c1-23-29(11-5-17-39-23)33-9-3-7-31(33)25-13-15-27(35(37)19-25)21-43(41,42)22-28-16-14-26(20-36(28)38)32-8-4-10-34(32)30-12-6-18-40-24(30)2/h5-6,11-20H,3-4,7-10,21-22H2,1-2H3. The summed E-state index contributed by atoms with van der Waals surface area (Å²) in [6.45, 7) is 3.94. The Morgan fingerprint density at radius 2 is 1.05 bits per heavy atom. The van der Waals surface area contributed by atoms with Gasteiger partial charge in [0.1, 0.15) is 11.6 Å². The number of pyridine rings is 2. The van der Waals surface area contributed by atoms with E-state index in [1.807, 2.05) is 38.1 Å². The Balaban J connectivity index is 1.21. The van der Waals surface area contributed by atoms with Gasteiger partial charge in [-0.05, 0) is 121 Å². The molecule has 0 radical (unpaired) electrons. The van der Waals surface area contributed by atoms with Crippen LogP contribution in [-0.4, -0.2) is 18.4 Å². The van der Waals surface area contributed by atoms with E-state index in [0.29, 0.717) is 0 Å². The Hall–Kier alpha value is -3.97. The molecule has 2 heterocycles. The van der Waals surface area contributed by atoms with Crippen LogP contribution in [0, 0.1) is 25.5 Å². The largest absolute Gasteiger partial charge is 0.261 e. The van der Waals surface area contributed by atoms with Crippen molar-refractivity contribution >= 4 is 32.1 Å². The van der Waals surface area contributed by atoms with Crippen molar-refractivity contribution in [3.63, 3.8) is 0 Å². The number of aryl methyl sites for hydroxylation is 2. The summed E-state index contributed by atoms with van der Waals surface area (Å²) >= 11 is 0. The molecule has 0 spiro atoms. The molecule has 0 saturated carbocycles. The Labute approximate surface area is 252 Å². The third-order valence-electron chi connectivity index (χ3n) is 8.65. The molecule has 0 amide bonds. The van der Waals surface area contributed by atoms with Crippen molar-refractivity contribution in [2.45, 2.75) is 63.9 Å². The molecule has 0 unspecified atom stereocenters. The van der Waals surface area contributed by atoms with Gasteiger partial charge in [-0.1, -0.05) is 36.4 Å². The van der Waals surface area contributed by atoms with Gasteiger partial charge in [-0.15, -0.1) is 0 Å². The zero-order valence-corrected chi connectivity index (χ0v) is 25.3. The minimum Gasteiger partial charge on any atom is -0.261 e. The van der Waals surface area contributed by atoms with Crippen LogP contribution in [0.3, 0.4) is 0 Å². The van der Waals surface area contributed by atoms with Crippen molar-refractivity contribution in [3.8, 4) is 0 Å². The SMILES string of the molecule is Cc1ncccc1C1=C(c2ccc(CS(=O)(=O)Cc3ccc(C4=C(c5cccnc5C)CCC4)cc3F)c(F)c2)CCC1. The molecule has 2 aliphatic rings. The van der Waals surface area contributed by atoms with E-state index in [0.717, 1.165) is 83.3 Å². The molecule has 0 bridgehead atoms. The molecular formula is C36H34F2N2O2S. The zero-order valence-electron chi connectivity index (χ0n) is 24.5. The van der Waals surface area contributed by atoms with E-state index in [-0.39, 0.29) is 11.1 Å². The zero-order chi connectivity index (χ0) is 30.1. The molecule has 4 aromatic rings. The molecule has 4 nitrogen and oxygen atoms in total. The van der Waals surface area contributed by atoms with Gasteiger partial charge >= 0.3 is 0 Å². The van der Waals surface area contributed by atoms with Crippen molar-refractivity contribution in [3.05, 3.63) is 129 Å². The predicted octanol–water partition coefficient (Wildman–Crippen LogP) is 8.68. The number of hydrogen-bond acceptors (Lipinski definition) is 4. The fourth-order valence-corrected chi connectivity index (χ4v) is 8.07. The number of allylic oxidation sites excluding steroid dienone is 4. The molecule has 7 heteroatoms. The first kappa shape index (κ1) is 29.1. The molecule has 6 rings (SSSR count). The summed E-state index contributed by atoms with van der Waals surface area (Å²) in [5.74, 6) is -2.12. The minimum absolute atomic E-state index is 0.0890. The van der Waals surface area contributed by atoms with Gasteiger partial charge in [0.2, 0.25) is 0 Å². The summed E-state index contributed by atoms with van der Waals surface area (Å²) < 4.78 is 56.9. The highest BCUT2D eigenvalue weighted by Gasteiger charge is 2.24. The van der Waals surface area contributed by atoms with E-state index in [2.05, 4.69) is 9.97 Å². The van der Waals surface area contributed by atoms with Crippen LogP contribution in [-0.2, 0) is 21.3 Å². The quantitative estimate of drug-likeness (QED) is 0.204. The van der Waals surface area contributed by atoms with Crippen LogP contribution in [0.2, 0.25) is 0 Å². The lowest BCUT2D eigenvalue weighted by molar-refractivity contribution is 0.580. The minimum atomic E-state index is -3.84. The average Bonchev–Trinajstić information content (AvgIpc) is 3.66. The number of benzene rings is 2. The summed E-state index contributed by atoms with van der Waals surface area (Å²) in [5, 5.41) is 0. The third kappa shape index (κ3) is 6.09. The van der Waals surface area contributed by atoms with Crippen LogP contribution in [0.4, 0.5) is 8.78 Å². The highest BCUT2D eigenvalue weighted by atomic mass is 32.2. The number of hydrogen-bond donors (Lipinski definition) is 0. The van der Waals surface area contributed by atoms with Gasteiger partial charge in [-0.2, -0.15) is 0 Å². The molecule has 0 fully saturated rings. The summed E-state index contributed by atoms with van der Waals surface area (Å²) in [6.07, 6.45) is 8.92. The molecule has 2 aromatic carbocycles. The van der Waals surface area contributed by atoms with Gasteiger partial charge in [0.05, 0.1) is 11.5 Å². The Morgan fingerprint density at radius 3 is 1.44 bits per heavy atom. The second-order valence-electron chi connectivity index (χ2n) is 11.5. The highest BCUT2D eigenvalue weighted by molar-refractivity contribution is 7.89. The maximum absolute atomic E-state index is 15.3. The first-order chi connectivity index (χ1) is 20.7. The predicted molar refractivity (Wildman–Crippen MR) is 168 cm³/mol. The van der Waals surface area contributed by atoms with E-state index >= 15 is 8.78 Å². The van der Waals surface area contributed by atoms with E-state index < -0.39 is 33.0 Å². The lowest BCUT2D eigenvalue weighted by Gasteiger charge is -2.13. The molecular weight excluding hydrogens is 562 g/mol. The number of nitrogens with zero attached hydrogens (tertiary/aromatic N) is 2. The van der Waals surface area contributed by atoms with Crippen molar-refractivity contribution < 1.29 is 17.2 Å². The summed E-state index contributed by atoms with van der Waals surface area (Å²) in [7, 11) is -3.84. The molecule has 0 saturated heterocycles. The fraction of sp³-hybridized carbons (Fsp3) is 0.278. The van der Waals surface area contributed by atoms with E-state index in [9.17, 15) is 8.42 Å². The smallest absolute Gasteiger partial charge is 0.158 e. The Morgan fingerprint density at radius 1 is 0.628 bits per heavy atom. The molecule has 2 aromatic heterocycles. The van der Waals surface area contributed by atoms with Gasteiger partial charge in [0, 0.05) is 34.9 Å². The first-order valence-electron chi connectivity index (χ1n) is 14.8. The van der Waals surface area contributed by atoms with E-state index in [4.69, 9.17) is 0 Å². The van der Waals surface area contributed by atoms with E-state index in [1.165, 1.54) is 23.3 Å². The summed E-state index contributed by atoms with van der Waals surface area (Å²) in [4.78, 5) is 8.80.